The average Bonchev–Trinajstić information content (AvgIpc) is 0.757. The monoisotopic (exact) mass is 1710 g/mol. The van der Waals surface area contributed by atoms with Crippen LogP contribution in [0, 0.1) is 0 Å². The Kier molecular flexibility index (Phi) is 34.2. The van der Waals surface area contributed by atoms with Crippen LogP contribution in [0.1, 0.15) is 41.0 Å². The minimum Gasteiger partial charge on any atom is -0.477 e. The second kappa shape index (κ2) is 41.4. The van der Waals surface area contributed by atoms with Gasteiger partial charge in [0.25, 0.3) is 5.79 Å². The molecule has 0 spiro atoms. The lowest BCUT2D eigenvalue weighted by Crippen LogP contribution is -2.71. The van der Waals surface area contributed by atoms with Gasteiger partial charge in [-0.05, 0) is 13.8 Å². The van der Waals surface area contributed by atoms with Crippen LogP contribution in [0.15, 0.2) is 0 Å². The number of hydrogen-bond donors (Lipinski definition) is 30. The Morgan fingerprint density at radius 3 is 1.26 bits per heavy atom. The van der Waals surface area contributed by atoms with Crippen molar-refractivity contribution in [2.75, 3.05) is 52.9 Å². The van der Waals surface area contributed by atoms with E-state index in [1.165, 1.54) is 6.92 Å². The summed E-state index contributed by atoms with van der Waals surface area (Å²) in [6, 6.07) is -7.88. The minimum atomic E-state index is -3.27. The van der Waals surface area contributed by atoms with Gasteiger partial charge in [0.15, 0.2) is 50.3 Å². The number of aliphatic carboxylic acids is 1. The molecule has 0 aliphatic carbocycles. The molecule has 46 atom stereocenters. The largest absolute Gasteiger partial charge is 0.477 e. The predicted octanol–water partition coefficient (Wildman–Crippen LogP) is -19.8. The maximum absolute atomic E-state index is 13.4. The second-order valence-electron chi connectivity index (χ2n) is 29.6. The summed E-state index contributed by atoms with van der Waals surface area (Å²) in [5.41, 5.74) is 0. The summed E-state index contributed by atoms with van der Waals surface area (Å²) in [6.07, 6.45) is -92.1. The molecular weight excluding hydrogens is 1600 g/mol. The molecule has 0 aromatic carbocycles. The fraction of sp³-hybridized carbons (Fsp3) is 0.923. The first kappa shape index (κ1) is 96.5. The van der Waals surface area contributed by atoms with Gasteiger partial charge in [0.1, 0.15) is 208 Å². The van der Waals surface area contributed by atoms with Gasteiger partial charge in [-0.1, -0.05) is 0 Å². The molecule has 676 valence electrons. The molecule has 117 heavy (non-hydrogen) atoms. The first-order valence-electron chi connectivity index (χ1n) is 37.1. The molecule has 9 fully saturated rings. The molecule has 9 rings (SSSR count). The van der Waals surface area contributed by atoms with Crippen molar-refractivity contribution in [2.45, 2.75) is 323 Å². The summed E-state index contributed by atoms with van der Waals surface area (Å²) in [7, 11) is 0. The van der Waals surface area contributed by atoms with E-state index >= 15 is 0 Å². The predicted molar refractivity (Wildman–Crippen MR) is 359 cm³/mol. The van der Waals surface area contributed by atoms with Gasteiger partial charge in [-0.2, -0.15) is 0 Å². The summed E-state index contributed by atoms with van der Waals surface area (Å²) in [5, 5.41) is 299. The number of carbonyl (C=O) groups excluding carboxylic acids is 4. The van der Waals surface area contributed by atoms with Gasteiger partial charge in [-0.3, -0.25) is 19.2 Å². The summed E-state index contributed by atoms with van der Waals surface area (Å²) in [5.74, 6) is -9.63. The van der Waals surface area contributed by atoms with Crippen LogP contribution in [-0.2, 0) is 104 Å². The van der Waals surface area contributed by atoms with Crippen LogP contribution in [-0.4, -0.2) is 497 Å². The van der Waals surface area contributed by atoms with Crippen molar-refractivity contribution in [2.24, 2.45) is 0 Å². The summed E-state index contributed by atoms with van der Waals surface area (Å²) in [6.45, 7) is -4.65. The molecule has 4 amide bonds. The molecule has 0 unspecified atom stereocenters. The third kappa shape index (κ3) is 21.4. The second-order valence-corrected chi connectivity index (χ2v) is 29.6. The number of aliphatic hydroxyl groups excluding tert-OH is 25. The highest BCUT2D eigenvalue weighted by Gasteiger charge is 2.63. The first-order chi connectivity index (χ1) is 55.1. The molecule has 52 heteroatoms. The van der Waals surface area contributed by atoms with E-state index in [1.54, 1.807) is 0 Å². The van der Waals surface area contributed by atoms with E-state index in [1.807, 2.05) is 0 Å². The van der Waals surface area contributed by atoms with Crippen molar-refractivity contribution in [1.29, 1.82) is 0 Å². The van der Waals surface area contributed by atoms with Crippen LogP contribution in [0.4, 0.5) is 0 Å². The molecule has 9 aliphatic heterocycles. The third-order valence-electron chi connectivity index (χ3n) is 21.4. The molecule has 0 bridgehead atoms. The molecular formula is C65H108N4O48. The lowest BCUT2D eigenvalue weighted by Gasteiger charge is -2.53. The van der Waals surface area contributed by atoms with Crippen molar-refractivity contribution in [3.05, 3.63) is 0 Å². The number of rotatable bonds is 31. The van der Waals surface area contributed by atoms with Crippen LogP contribution in [0.3, 0.4) is 0 Å². The van der Waals surface area contributed by atoms with Gasteiger partial charge in [0.05, 0.1) is 70.6 Å². The van der Waals surface area contributed by atoms with Gasteiger partial charge in [-0.15, -0.1) is 0 Å². The molecule has 30 N–H and O–H groups in total. The number of carboxylic acids is 1. The summed E-state index contributed by atoms with van der Waals surface area (Å²) in [4.78, 5) is 65.1. The Bertz CT molecular complexity index is 3190. The van der Waals surface area contributed by atoms with Gasteiger partial charge < -0.3 is 235 Å². The molecule has 0 aromatic rings. The van der Waals surface area contributed by atoms with E-state index < -0.39 is 371 Å². The van der Waals surface area contributed by atoms with Gasteiger partial charge >= 0.3 is 5.97 Å². The standard InChI is InChI=1S/C65H108N4O48/c1-15-33(82)43(92)46(95)59(103-15)115-54-52(113-58-32(68-19(5)78)50(38(87)24(10-73)107-58)111-61-48(97)45(94)37(86)23(9-72)108-61)39(88)25(11-74)109-62(54)114-53-41(90)26(13-101-57-30(66-17(3)76)42(91)36(85)22(8-71)106-57)110-63(55(53)116-60-47(96)44(93)34(83)16(2)104-60)112-49-31(67-18(4)77)56(98)105-27(40(49)89)14-102-65(64(99)100)6-20(79)29(69-28(81)12-75)51(117-65)35(84)21(80)7-70/h15-16,20-27,29-63,70-75,79-80,82-98H,6-14H2,1-5H3,(H,66,76)(H,67,77)(H,68,78)(H,69,81)(H,99,100)/t15-,16-,20-,21+,22+,23+,24+,25+,26+,27+,29+,30+,31+,32+,33+,34+,35+,36+,37-,38-,39-,40-,41-,42+,43+,44+,45-,46-,47-,48+,49+,50+,51+,52-,53-,54+,55+,56-,57+,58+,59-,60-,61+,62-,63-,65+/m0/s1. The number of ether oxygens (including phenoxy) is 17. The van der Waals surface area contributed by atoms with Crippen LogP contribution in [0.25, 0.3) is 0 Å². The van der Waals surface area contributed by atoms with Crippen LogP contribution in [0.5, 0.6) is 0 Å². The zero-order valence-electron chi connectivity index (χ0n) is 63.0. The maximum Gasteiger partial charge on any atom is 0.364 e. The van der Waals surface area contributed by atoms with Crippen molar-refractivity contribution < 1.29 is 237 Å². The zero-order valence-corrected chi connectivity index (χ0v) is 63.0. The smallest absolute Gasteiger partial charge is 0.364 e. The topological polar surface area (TPSA) is 816 Å². The Labute approximate surface area is 662 Å². The van der Waals surface area contributed by atoms with E-state index in [0.29, 0.717) is 0 Å². The van der Waals surface area contributed by atoms with Gasteiger partial charge in [-0.25, -0.2) is 4.79 Å². The molecule has 0 radical (unpaired) electrons. The number of nitrogens with one attached hydrogen (secondary N) is 4. The van der Waals surface area contributed by atoms with Crippen LogP contribution < -0.4 is 21.3 Å². The molecule has 9 aliphatic rings. The fourth-order valence-electron chi connectivity index (χ4n) is 14.9. The Hall–Kier alpha value is -4.33. The average molecular weight is 1710 g/mol. The highest BCUT2D eigenvalue weighted by Crippen LogP contribution is 2.42. The van der Waals surface area contributed by atoms with Crippen molar-refractivity contribution in [1.82, 2.24) is 21.3 Å². The number of carbonyl (C=O) groups is 5. The third-order valence-corrected chi connectivity index (χ3v) is 21.4. The van der Waals surface area contributed by atoms with E-state index in [-0.39, 0.29) is 0 Å². The Balaban J connectivity index is 1.19. The van der Waals surface area contributed by atoms with Crippen LogP contribution >= 0.6 is 0 Å². The van der Waals surface area contributed by atoms with E-state index in [4.69, 9.17) is 80.5 Å². The highest BCUT2D eigenvalue weighted by molar-refractivity contribution is 5.78. The number of carboxylic acid groups (broad SMARTS) is 1. The van der Waals surface area contributed by atoms with Gasteiger partial charge in [0.2, 0.25) is 23.6 Å². The zero-order chi connectivity index (χ0) is 86.6. The fourth-order valence-corrected chi connectivity index (χ4v) is 14.9. The number of hydrogen-bond acceptors (Lipinski definition) is 47. The van der Waals surface area contributed by atoms with Crippen LogP contribution in [0.2, 0.25) is 0 Å². The normalized spacial score (nSPS) is 47.9. The Morgan fingerprint density at radius 2 is 0.761 bits per heavy atom. The Morgan fingerprint density at radius 1 is 0.385 bits per heavy atom. The van der Waals surface area contributed by atoms with Gasteiger partial charge in [0, 0.05) is 27.2 Å². The molecule has 9 saturated heterocycles. The maximum atomic E-state index is 13.4. The van der Waals surface area contributed by atoms with E-state index in [2.05, 4.69) is 21.3 Å². The lowest BCUT2D eigenvalue weighted by atomic mass is 9.88. The van der Waals surface area contributed by atoms with Crippen molar-refractivity contribution in [3.63, 3.8) is 0 Å². The number of aliphatic hydroxyl groups is 25. The lowest BCUT2D eigenvalue weighted by molar-refractivity contribution is -0.418. The van der Waals surface area contributed by atoms with Crippen molar-refractivity contribution in [3.8, 4) is 0 Å². The first-order valence-corrected chi connectivity index (χ1v) is 37.1. The minimum absolute atomic E-state index is 0.864. The molecule has 0 aromatic heterocycles. The van der Waals surface area contributed by atoms with E-state index in [0.717, 1.165) is 27.7 Å². The SMILES string of the molecule is CC(=O)N[C@@H]1[C@@H](O[C@@H]2O[C@H](CO[C@@H]3O[C@H](CO)[C@@H](O)[C@H](O)[C@H]3NC(C)=O)[C@H](O)[C@H](O[C@@H]3O[C@H](CO)[C@H](O)[C@H](O[C@H]4O[C@H](CO)[C@H](O)[C@H](O[C@H]5O[C@H](CO)[C@H](O)[C@H](O)[C@H]5O)[C@H]4NC(C)=O)[C@H]3O[C@@H]3O[C@@H](C)[C@@H](O)[C@@H](O)[C@@H]3O)[C@H]2O[C@@H]2O[C@@H](C)[C@@H](O)[C@@H](O)[C@@H]2O)[C@@H](O)[C@@H](CO[C@]2(C(=O)O)C[C@H](O)[C@@H](NC(=O)CO)[C@H]([C@H](O)[C@H](O)CO)O2)O[C@@H]1O. The van der Waals surface area contributed by atoms with Crippen molar-refractivity contribution >= 4 is 29.6 Å². The summed E-state index contributed by atoms with van der Waals surface area (Å²) >= 11 is 0. The van der Waals surface area contributed by atoms with E-state index in [9.17, 15) is 157 Å². The highest BCUT2D eigenvalue weighted by atomic mass is 16.8. The number of amides is 4. The molecule has 52 nitrogen and oxygen atoms in total. The summed E-state index contributed by atoms with van der Waals surface area (Å²) < 4.78 is 103. The molecule has 9 heterocycles. The molecule has 0 saturated carbocycles. The quantitative estimate of drug-likeness (QED) is 0.0306.